The average molecular weight is 330 g/mol. The highest BCUT2D eigenvalue weighted by atomic mass is 35.5. The average Bonchev–Trinajstić information content (AvgIpc) is 2.24. The SMILES string of the molecule is FC(F)c1cc(C(F)(F)F)c(CCl)c(OC(F)(F)F)n1. The molecule has 20 heavy (non-hydrogen) atoms. The van der Waals surface area contributed by atoms with Gasteiger partial charge in [-0.2, -0.15) is 13.2 Å². The van der Waals surface area contributed by atoms with E-state index >= 15 is 0 Å². The van der Waals surface area contributed by atoms with Crippen LogP contribution in [-0.2, 0) is 12.1 Å². The first-order valence-corrected chi connectivity index (χ1v) is 5.20. The van der Waals surface area contributed by atoms with Crippen molar-refractivity contribution in [1.82, 2.24) is 4.98 Å². The topological polar surface area (TPSA) is 22.1 Å². The molecule has 0 spiro atoms. The summed E-state index contributed by atoms with van der Waals surface area (Å²) in [5.41, 5.74) is -4.41. The first kappa shape index (κ1) is 16.7. The number of halogens is 9. The summed E-state index contributed by atoms with van der Waals surface area (Å²) < 4.78 is 102. The Morgan fingerprint density at radius 1 is 1.15 bits per heavy atom. The highest BCUT2D eigenvalue weighted by molar-refractivity contribution is 6.17. The monoisotopic (exact) mass is 329 g/mol. The van der Waals surface area contributed by atoms with E-state index in [1.807, 2.05) is 0 Å². The van der Waals surface area contributed by atoms with Gasteiger partial charge in [0.2, 0.25) is 5.88 Å². The fourth-order valence-electron chi connectivity index (χ4n) is 1.26. The third kappa shape index (κ3) is 4.09. The van der Waals surface area contributed by atoms with Crippen molar-refractivity contribution in [2.45, 2.75) is 24.8 Å². The fourth-order valence-corrected chi connectivity index (χ4v) is 1.51. The molecule has 0 amide bonds. The Labute approximate surface area is 111 Å². The minimum atomic E-state index is -5.39. The Morgan fingerprint density at radius 3 is 2.05 bits per heavy atom. The maximum atomic E-state index is 12.6. The maximum Gasteiger partial charge on any atom is 0.574 e. The third-order valence-electron chi connectivity index (χ3n) is 1.98. The molecule has 0 fully saturated rings. The van der Waals surface area contributed by atoms with E-state index in [1.165, 1.54) is 0 Å². The minimum absolute atomic E-state index is 0.0639. The van der Waals surface area contributed by atoms with Crippen molar-refractivity contribution in [3.63, 3.8) is 0 Å². The minimum Gasteiger partial charge on any atom is -0.388 e. The molecule has 0 aromatic carbocycles. The number of hydrogen-bond acceptors (Lipinski definition) is 2. The molecule has 1 aromatic rings. The van der Waals surface area contributed by atoms with Crippen LogP contribution in [0, 0.1) is 0 Å². The second-order valence-corrected chi connectivity index (χ2v) is 3.63. The Bertz CT molecular complexity index is 484. The van der Waals surface area contributed by atoms with Crippen molar-refractivity contribution >= 4 is 11.6 Å². The van der Waals surface area contributed by atoms with Crippen LogP contribution in [0.2, 0.25) is 0 Å². The van der Waals surface area contributed by atoms with Crippen molar-refractivity contribution in [3.05, 3.63) is 22.9 Å². The van der Waals surface area contributed by atoms with E-state index in [9.17, 15) is 35.1 Å². The summed E-state index contributed by atoms with van der Waals surface area (Å²) in [6.45, 7) is 0. The summed E-state index contributed by atoms with van der Waals surface area (Å²) in [5, 5.41) is 0. The highest BCUT2D eigenvalue weighted by Gasteiger charge is 2.39. The zero-order chi connectivity index (χ0) is 15.7. The first-order chi connectivity index (χ1) is 8.95. The van der Waals surface area contributed by atoms with Crippen molar-refractivity contribution in [2.75, 3.05) is 0 Å². The van der Waals surface area contributed by atoms with Gasteiger partial charge in [-0.25, -0.2) is 13.8 Å². The van der Waals surface area contributed by atoms with Crippen LogP contribution in [-0.4, -0.2) is 11.3 Å². The van der Waals surface area contributed by atoms with Crippen molar-refractivity contribution in [3.8, 4) is 5.88 Å². The van der Waals surface area contributed by atoms with Gasteiger partial charge >= 0.3 is 12.5 Å². The zero-order valence-corrected chi connectivity index (χ0v) is 9.87. The van der Waals surface area contributed by atoms with Crippen LogP contribution in [0.1, 0.15) is 23.2 Å². The van der Waals surface area contributed by atoms with Gasteiger partial charge in [-0.3, -0.25) is 0 Å². The molecule has 0 atom stereocenters. The van der Waals surface area contributed by atoms with E-state index in [0.717, 1.165) is 0 Å². The molecule has 0 bridgehead atoms. The molecule has 1 heterocycles. The molecule has 0 aliphatic carbocycles. The largest absolute Gasteiger partial charge is 0.574 e. The van der Waals surface area contributed by atoms with Gasteiger partial charge in [0.05, 0.1) is 11.4 Å². The van der Waals surface area contributed by atoms with Crippen molar-refractivity contribution in [2.24, 2.45) is 0 Å². The summed E-state index contributed by atoms with van der Waals surface area (Å²) in [7, 11) is 0. The van der Waals surface area contributed by atoms with Gasteiger partial charge in [-0.1, -0.05) is 0 Å². The van der Waals surface area contributed by atoms with E-state index in [2.05, 4.69) is 9.72 Å². The molecule has 0 saturated heterocycles. The Balaban J connectivity index is 3.51. The predicted octanol–water partition coefficient (Wildman–Crippen LogP) is 4.68. The number of ether oxygens (including phenoxy) is 1. The number of rotatable bonds is 3. The molecule has 0 aliphatic rings. The number of nitrogens with zero attached hydrogens (tertiary/aromatic N) is 1. The summed E-state index contributed by atoms with van der Waals surface area (Å²) >= 11 is 5.13. The molecule has 2 nitrogen and oxygen atoms in total. The molecule has 1 rings (SSSR count). The lowest BCUT2D eigenvalue weighted by molar-refractivity contribution is -0.276. The number of pyridine rings is 1. The Hall–Kier alpha value is -1.32. The third-order valence-corrected chi connectivity index (χ3v) is 2.25. The Kier molecular flexibility index (Phi) is 4.67. The van der Waals surface area contributed by atoms with Crippen LogP contribution >= 0.6 is 11.6 Å². The van der Waals surface area contributed by atoms with Gasteiger partial charge in [0, 0.05) is 5.56 Å². The fraction of sp³-hybridized carbons (Fsp3) is 0.444. The lowest BCUT2D eigenvalue weighted by Gasteiger charge is -2.17. The number of aromatic nitrogens is 1. The van der Waals surface area contributed by atoms with E-state index in [0.29, 0.717) is 0 Å². The second kappa shape index (κ2) is 5.58. The van der Waals surface area contributed by atoms with Crippen LogP contribution in [0.15, 0.2) is 6.07 Å². The van der Waals surface area contributed by atoms with E-state index in [4.69, 9.17) is 11.6 Å². The Morgan fingerprint density at radius 2 is 1.70 bits per heavy atom. The van der Waals surface area contributed by atoms with Gasteiger partial charge in [-0.05, 0) is 6.07 Å². The van der Waals surface area contributed by atoms with Crippen LogP contribution < -0.4 is 4.74 Å². The normalized spacial score (nSPS) is 12.9. The van der Waals surface area contributed by atoms with E-state index in [1.54, 1.807) is 0 Å². The molecule has 0 radical (unpaired) electrons. The summed E-state index contributed by atoms with van der Waals surface area (Å²) in [4.78, 5) is 2.73. The van der Waals surface area contributed by atoms with Crippen LogP contribution in [0.25, 0.3) is 0 Å². The van der Waals surface area contributed by atoms with Crippen molar-refractivity contribution in [1.29, 1.82) is 0 Å². The summed E-state index contributed by atoms with van der Waals surface area (Å²) in [6, 6.07) is -0.0639. The standard InChI is InChI=1S/C9H4ClF8NO/c10-2-3-4(8(13,14)15)1-5(6(11)12)19-7(3)20-9(16,17)18/h1,6H,2H2. The molecule has 114 valence electrons. The van der Waals surface area contributed by atoms with E-state index in [-0.39, 0.29) is 6.07 Å². The van der Waals surface area contributed by atoms with Gasteiger partial charge in [0.1, 0.15) is 5.69 Å². The van der Waals surface area contributed by atoms with Crippen LogP contribution in [0.3, 0.4) is 0 Å². The summed E-state index contributed by atoms with van der Waals surface area (Å²) in [5.74, 6) is -2.69. The lowest BCUT2D eigenvalue weighted by Crippen LogP contribution is -2.21. The highest BCUT2D eigenvalue weighted by Crippen LogP contribution is 2.39. The van der Waals surface area contributed by atoms with Gasteiger partial charge in [0.25, 0.3) is 6.43 Å². The predicted molar refractivity (Wildman–Crippen MR) is 50.4 cm³/mol. The summed E-state index contributed by atoms with van der Waals surface area (Å²) in [6.07, 6.45) is -14.1. The molecule has 0 saturated carbocycles. The molecule has 11 heteroatoms. The molecule has 1 aromatic heterocycles. The maximum absolute atomic E-state index is 12.6. The van der Waals surface area contributed by atoms with Crippen LogP contribution in [0.5, 0.6) is 5.88 Å². The molecule has 0 aliphatic heterocycles. The number of hydrogen-bond donors (Lipinski definition) is 0. The van der Waals surface area contributed by atoms with Crippen LogP contribution in [0.4, 0.5) is 35.1 Å². The van der Waals surface area contributed by atoms with Gasteiger partial charge < -0.3 is 4.74 Å². The molecule has 0 unspecified atom stereocenters. The quantitative estimate of drug-likeness (QED) is 0.593. The van der Waals surface area contributed by atoms with Crippen molar-refractivity contribution < 1.29 is 39.9 Å². The molecular formula is C9H4ClF8NO. The van der Waals surface area contributed by atoms with E-state index < -0.39 is 47.5 Å². The first-order valence-electron chi connectivity index (χ1n) is 4.66. The zero-order valence-electron chi connectivity index (χ0n) is 9.12. The second-order valence-electron chi connectivity index (χ2n) is 3.36. The molecular weight excluding hydrogens is 326 g/mol. The van der Waals surface area contributed by atoms with Gasteiger partial charge in [-0.15, -0.1) is 24.8 Å². The smallest absolute Gasteiger partial charge is 0.388 e. The number of alkyl halides is 9. The molecule has 0 N–H and O–H groups in total. The van der Waals surface area contributed by atoms with Gasteiger partial charge in [0.15, 0.2) is 0 Å². The lowest BCUT2D eigenvalue weighted by atomic mass is 10.1.